The third kappa shape index (κ3) is 5.17. The van der Waals surface area contributed by atoms with Crippen LogP contribution in [0.15, 0.2) is 6.07 Å². The van der Waals surface area contributed by atoms with Crippen LogP contribution in [-0.4, -0.2) is 47.3 Å². The van der Waals surface area contributed by atoms with Crippen molar-refractivity contribution in [1.82, 2.24) is 15.3 Å². The second-order valence-corrected chi connectivity index (χ2v) is 7.66. The molecule has 0 aliphatic carbocycles. The largest absolute Gasteiger partial charge is 0.360 e. The Hall–Kier alpha value is -1.63. The Morgan fingerprint density at radius 1 is 0.920 bits per heavy atom. The van der Waals surface area contributed by atoms with Gasteiger partial charge in [0.2, 0.25) is 5.95 Å². The van der Waals surface area contributed by atoms with Crippen LogP contribution >= 0.6 is 12.2 Å². The zero-order valence-corrected chi connectivity index (χ0v) is 16.2. The molecule has 0 radical (unpaired) electrons. The summed E-state index contributed by atoms with van der Waals surface area (Å²) >= 11 is 5.38. The third-order valence-corrected chi connectivity index (χ3v) is 4.92. The van der Waals surface area contributed by atoms with Gasteiger partial charge in [0.15, 0.2) is 5.11 Å². The maximum atomic E-state index is 5.38. The van der Waals surface area contributed by atoms with Crippen LogP contribution in [0.3, 0.4) is 0 Å². The fourth-order valence-electron chi connectivity index (χ4n) is 3.45. The second kappa shape index (κ2) is 8.65. The van der Waals surface area contributed by atoms with Crippen molar-refractivity contribution in [3.8, 4) is 0 Å². The summed E-state index contributed by atoms with van der Waals surface area (Å²) < 4.78 is 0. The van der Waals surface area contributed by atoms with E-state index in [9.17, 15) is 0 Å². The number of piperidine rings is 2. The average Bonchev–Trinajstić information content (AvgIpc) is 2.62. The zero-order valence-electron chi connectivity index (χ0n) is 15.4. The van der Waals surface area contributed by atoms with Crippen LogP contribution in [-0.2, 0) is 0 Å². The fraction of sp³-hybridized carbons (Fsp3) is 0.722. The normalized spacial score (nSPS) is 18.4. The lowest BCUT2D eigenvalue weighted by molar-refractivity contribution is 0.567. The van der Waals surface area contributed by atoms with Crippen molar-refractivity contribution in [3.05, 3.63) is 6.07 Å². The van der Waals surface area contributed by atoms with Gasteiger partial charge in [0.1, 0.15) is 11.6 Å². The summed E-state index contributed by atoms with van der Waals surface area (Å²) in [5.41, 5.74) is 0. The van der Waals surface area contributed by atoms with Crippen molar-refractivity contribution in [2.45, 2.75) is 58.4 Å². The quantitative estimate of drug-likeness (QED) is 0.798. The predicted octanol–water partition coefficient (Wildman–Crippen LogP) is 3.15. The lowest BCUT2D eigenvalue weighted by atomic mass is 10.1. The van der Waals surface area contributed by atoms with Crippen LogP contribution in [0.2, 0.25) is 0 Å². The number of anilines is 3. The Morgan fingerprint density at radius 2 is 1.40 bits per heavy atom. The van der Waals surface area contributed by atoms with Crippen molar-refractivity contribution in [2.24, 2.45) is 0 Å². The number of aromatic nitrogens is 2. The maximum Gasteiger partial charge on any atom is 0.232 e. The molecule has 7 heteroatoms. The molecule has 2 N–H and O–H groups in total. The SMILES string of the molecule is CC(C)NC(=S)Nc1nc(N2CCCCC2)cc(N2CCCCC2)n1. The first-order valence-electron chi connectivity index (χ1n) is 9.58. The Bertz CT molecular complexity index is 543. The van der Waals surface area contributed by atoms with Crippen LogP contribution in [0.1, 0.15) is 52.4 Å². The average molecular weight is 363 g/mol. The van der Waals surface area contributed by atoms with Gasteiger partial charge >= 0.3 is 0 Å². The van der Waals surface area contributed by atoms with E-state index in [4.69, 9.17) is 22.2 Å². The number of thiocarbonyl (C=S) groups is 1. The van der Waals surface area contributed by atoms with Crippen molar-refractivity contribution in [2.75, 3.05) is 41.3 Å². The molecule has 6 nitrogen and oxygen atoms in total. The lowest BCUT2D eigenvalue weighted by Gasteiger charge is -2.31. The summed E-state index contributed by atoms with van der Waals surface area (Å²) in [5.74, 6) is 2.64. The van der Waals surface area contributed by atoms with Gasteiger partial charge in [-0.05, 0) is 64.6 Å². The maximum absolute atomic E-state index is 5.38. The summed E-state index contributed by atoms with van der Waals surface area (Å²) in [6, 6.07) is 2.44. The topological polar surface area (TPSA) is 56.3 Å². The van der Waals surface area contributed by atoms with Gasteiger partial charge in [-0.15, -0.1) is 0 Å². The van der Waals surface area contributed by atoms with Gasteiger partial charge in [-0.1, -0.05) is 0 Å². The van der Waals surface area contributed by atoms with E-state index in [1.54, 1.807) is 0 Å². The van der Waals surface area contributed by atoms with Gasteiger partial charge < -0.3 is 20.4 Å². The molecule has 0 atom stereocenters. The molecule has 0 unspecified atom stereocenters. The van der Waals surface area contributed by atoms with Gasteiger partial charge in [-0.25, -0.2) is 0 Å². The standard InChI is InChI=1S/C18H30N6S/c1-14(2)19-18(25)22-17-20-15(23-9-5-3-6-10-23)13-16(21-17)24-11-7-4-8-12-24/h13-14H,3-12H2,1-2H3,(H2,19,20,21,22,25). The first kappa shape index (κ1) is 18.2. The van der Waals surface area contributed by atoms with E-state index in [1.807, 2.05) is 0 Å². The van der Waals surface area contributed by atoms with E-state index in [0.29, 0.717) is 11.1 Å². The molecule has 2 saturated heterocycles. The molecule has 1 aromatic rings. The monoisotopic (exact) mass is 362 g/mol. The molecule has 1 aromatic heterocycles. The molecule has 0 amide bonds. The van der Waals surface area contributed by atoms with E-state index in [0.717, 1.165) is 37.8 Å². The Balaban J connectivity index is 1.83. The number of hydrogen-bond donors (Lipinski definition) is 2. The van der Waals surface area contributed by atoms with Gasteiger partial charge in [0.25, 0.3) is 0 Å². The smallest absolute Gasteiger partial charge is 0.232 e. The van der Waals surface area contributed by atoms with Crippen LogP contribution in [0, 0.1) is 0 Å². The Kier molecular flexibility index (Phi) is 6.29. The summed E-state index contributed by atoms with van der Waals surface area (Å²) in [6.07, 6.45) is 7.57. The highest BCUT2D eigenvalue weighted by atomic mass is 32.1. The highest BCUT2D eigenvalue weighted by Crippen LogP contribution is 2.25. The van der Waals surface area contributed by atoms with Crippen molar-refractivity contribution < 1.29 is 0 Å². The molecule has 138 valence electrons. The summed E-state index contributed by atoms with van der Waals surface area (Å²) in [7, 11) is 0. The molecule has 0 aromatic carbocycles. The summed E-state index contributed by atoms with van der Waals surface area (Å²) in [5, 5.41) is 6.96. The molecule has 2 aliphatic heterocycles. The molecular formula is C18H30N6S. The first-order chi connectivity index (χ1) is 12.1. The second-order valence-electron chi connectivity index (χ2n) is 7.26. The van der Waals surface area contributed by atoms with Gasteiger partial charge in [0, 0.05) is 38.3 Å². The minimum atomic E-state index is 0.284. The zero-order chi connectivity index (χ0) is 17.6. The number of hydrogen-bond acceptors (Lipinski definition) is 5. The van der Waals surface area contributed by atoms with Crippen molar-refractivity contribution in [1.29, 1.82) is 0 Å². The van der Waals surface area contributed by atoms with Crippen LogP contribution in [0.25, 0.3) is 0 Å². The minimum absolute atomic E-state index is 0.284. The van der Waals surface area contributed by atoms with E-state index in [1.165, 1.54) is 38.5 Å². The Labute approximate surface area is 156 Å². The van der Waals surface area contributed by atoms with Crippen molar-refractivity contribution in [3.63, 3.8) is 0 Å². The fourth-order valence-corrected chi connectivity index (χ4v) is 3.77. The van der Waals surface area contributed by atoms with E-state index in [-0.39, 0.29) is 6.04 Å². The number of nitrogens with one attached hydrogen (secondary N) is 2. The predicted molar refractivity (Wildman–Crippen MR) is 109 cm³/mol. The van der Waals surface area contributed by atoms with Gasteiger partial charge in [-0.3, -0.25) is 0 Å². The van der Waals surface area contributed by atoms with E-state index >= 15 is 0 Å². The number of rotatable bonds is 4. The van der Waals surface area contributed by atoms with Crippen LogP contribution < -0.4 is 20.4 Å². The minimum Gasteiger partial charge on any atom is -0.360 e. The molecular weight excluding hydrogens is 332 g/mol. The van der Waals surface area contributed by atoms with Gasteiger partial charge in [-0.2, -0.15) is 9.97 Å². The highest BCUT2D eigenvalue weighted by Gasteiger charge is 2.19. The lowest BCUT2D eigenvalue weighted by Crippen LogP contribution is -2.36. The highest BCUT2D eigenvalue weighted by molar-refractivity contribution is 7.80. The molecule has 0 bridgehead atoms. The third-order valence-electron chi connectivity index (χ3n) is 4.70. The van der Waals surface area contributed by atoms with E-state index in [2.05, 4.69) is 40.3 Å². The van der Waals surface area contributed by atoms with Crippen LogP contribution in [0.4, 0.5) is 17.6 Å². The molecule has 25 heavy (non-hydrogen) atoms. The first-order valence-corrected chi connectivity index (χ1v) is 9.99. The molecule has 2 fully saturated rings. The van der Waals surface area contributed by atoms with Gasteiger partial charge in [0.05, 0.1) is 0 Å². The molecule has 3 rings (SSSR count). The number of nitrogens with zero attached hydrogens (tertiary/aromatic N) is 4. The molecule has 0 saturated carbocycles. The summed E-state index contributed by atoms with van der Waals surface area (Å²) in [6.45, 7) is 8.43. The Morgan fingerprint density at radius 3 is 1.84 bits per heavy atom. The molecule has 2 aliphatic rings. The summed E-state index contributed by atoms with van der Waals surface area (Å²) in [4.78, 5) is 14.3. The molecule has 3 heterocycles. The molecule has 0 spiro atoms. The van der Waals surface area contributed by atoms with Crippen LogP contribution in [0.5, 0.6) is 0 Å². The van der Waals surface area contributed by atoms with E-state index < -0.39 is 0 Å². The van der Waals surface area contributed by atoms with Crippen molar-refractivity contribution >= 4 is 34.9 Å².